The third-order valence-electron chi connectivity index (χ3n) is 3.49. The Balaban J connectivity index is 2.22. The molecule has 0 fully saturated rings. The van der Waals surface area contributed by atoms with Gasteiger partial charge in [-0.05, 0) is 36.4 Å². The van der Waals surface area contributed by atoms with Gasteiger partial charge in [-0.2, -0.15) is 0 Å². The van der Waals surface area contributed by atoms with Crippen LogP contribution in [0, 0.1) is 5.82 Å². The van der Waals surface area contributed by atoms with E-state index in [1.165, 1.54) is 6.07 Å². The van der Waals surface area contributed by atoms with Gasteiger partial charge < -0.3 is 5.73 Å². The second-order valence-electron chi connectivity index (χ2n) is 4.81. The van der Waals surface area contributed by atoms with E-state index in [1.807, 2.05) is 18.2 Å². The van der Waals surface area contributed by atoms with E-state index in [0.29, 0.717) is 13.1 Å². The van der Waals surface area contributed by atoms with Gasteiger partial charge in [-0.15, -0.1) is 0 Å². The number of hydrogen-bond acceptors (Lipinski definition) is 3. The van der Waals surface area contributed by atoms with Crippen LogP contribution in [0.25, 0.3) is 0 Å². The van der Waals surface area contributed by atoms with Crippen molar-refractivity contribution in [3.8, 4) is 0 Å². The third kappa shape index (κ3) is 4.00. The normalized spacial score (nSPS) is 12.6. The van der Waals surface area contributed by atoms with Crippen LogP contribution in [0.3, 0.4) is 0 Å². The molecule has 2 N–H and O–H groups in total. The topological polar surface area (TPSA) is 42.2 Å². The van der Waals surface area contributed by atoms with Crippen molar-refractivity contribution >= 4 is 11.6 Å². The first-order valence-corrected chi connectivity index (χ1v) is 7.32. The number of nitrogens with two attached hydrogens (primary N) is 1. The molecule has 2 aromatic rings. The summed E-state index contributed by atoms with van der Waals surface area (Å²) in [5.41, 5.74) is 7.82. The van der Waals surface area contributed by atoms with Crippen LogP contribution in [-0.2, 0) is 6.54 Å². The van der Waals surface area contributed by atoms with E-state index in [0.717, 1.165) is 17.8 Å². The van der Waals surface area contributed by atoms with Gasteiger partial charge in [0.25, 0.3) is 0 Å². The molecule has 1 unspecified atom stereocenters. The highest BCUT2D eigenvalue weighted by atomic mass is 35.5. The predicted octanol–water partition coefficient (Wildman–Crippen LogP) is 3.40. The zero-order valence-electron chi connectivity index (χ0n) is 12.0. The van der Waals surface area contributed by atoms with Gasteiger partial charge in [0.05, 0.1) is 10.7 Å². The Bertz CT molecular complexity index is 577. The molecule has 1 aromatic carbocycles. The van der Waals surface area contributed by atoms with Crippen LogP contribution in [0.5, 0.6) is 0 Å². The summed E-state index contributed by atoms with van der Waals surface area (Å²) in [6.07, 6.45) is 1.77. The molecule has 0 amide bonds. The standard InChI is InChI=1S/C16H19ClFN3/c1-2-21(11-13-5-3-4-8-20-13)16(10-19)12-6-7-15(18)14(17)9-12/h3-9,16H,2,10-11,19H2,1H3. The number of aromatic nitrogens is 1. The Labute approximate surface area is 129 Å². The lowest BCUT2D eigenvalue weighted by atomic mass is 10.0. The summed E-state index contributed by atoms with van der Waals surface area (Å²) in [5.74, 6) is -0.413. The van der Waals surface area contributed by atoms with Gasteiger partial charge in [0.15, 0.2) is 0 Å². The van der Waals surface area contributed by atoms with E-state index in [4.69, 9.17) is 17.3 Å². The lowest BCUT2D eigenvalue weighted by molar-refractivity contribution is 0.201. The lowest BCUT2D eigenvalue weighted by Gasteiger charge is -2.30. The SMILES string of the molecule is CCN(Cc1ccccn1)C(CN)c1ccc(F)c(Cl)c1. The van der Waals surface area contributed by atoms with Crippen LogP contribution in [0.1, 0.15) is 24.2 Å². The van der Waals surface area contributed by atoms with E-state index in [-0.39, 0.29) is 11.1 Å². The first-order valence-electron chi connectivity index (χ1n) is 6.94. The molecule has 1 heterocycles. The third-order valence-corrected chi connectivity index (χ3v) is 3.78. The maximum absolute atomic E-state index is 13.3. The molecule has 112 valence electrons. The van der Waals surface area contributed by atoms with Crippen molar-refractivity contribution in [2.24, 2.45) is 5.73 Å². The number of pyridine rings is 1. The summed E-state index contributed by atoms with van der Waals surface area (Å²) in [6.45, 7) is 4.00. The maximum atomic E-state index is 13.3. The highest BCUT2D eigenvalue weighted by Gasteiger charge is 2.19. The first-order chi connectivity index (χ1) is 10.2. The lowest BCUT2D eigenvalue weighted by Crippen LogP contribution is -2.33. The van der Waals surface area contributed by atoms with Crippen LogP contribution < -0.4 is 5.73 Å². The van der Waals surface area contributed by atoms with Crippen LogP contribution in [0.2, 0.25) is 5.02 Å². The molecule has 0 saturated heterocycles. The van der Waals surface area contributed by atoms with E-state index in [2.05, 4.69) is 16.8 Å². The minimum atomic E-state index is -0.413. The van der Waals surface area contributed by atoms with Crippen molar-refractivity contribution in [1.82, 2.24) is 9.88 Å². The van der Waals surface area contributed by atoms with Crippen LogP contribution in [0.15, 0.2) is 42.6 Å². The largest absolute Gasteiger partial charge is 0.329 e. The van der Waals surface area contributed by atoms with Gasteiger partial charge in [-0.3, -0.25) is 9.88 Å². The number of likely N-dealkylation sites (N-methyl/N-ethyl adjacent to an activating group) is 1. The molecule has 2 rings (SSSR count). The fourth-order valence-electron chi connectivity index (χ4n) is 2.36. The Morgan fingerprint density at radius 2 is 2.14 bits per heavy atom. The molecule has 0 aliphatic carbocycles. The van der Waals surface area contributed by atoms with Gasteiger partial charge in [-0.1, -0.05) is 30.7 Å². The predicted molar refractivity (Wildman–Crippen MR) is 83.5 cm³/mol. The van der Waals surface area contributed by atoms with E-state index >= 15 is 0 Å². The van der Waals surface area contributed by atoms with Gasteiger partial charge in [0.2, 0.25) is 0 Å². The second kappa shape index (κ2) is 7.50. The second-order valence-corrected chi connectivity index (χ2v) is 5.22. The number of halogens is 2. The number of rotatable bonds is 6. The Kier molecular flexibility index (Phi) is 5.67. The molecule has 1 atom stereocenters. The Hall–Kier alpha value is -1.49. The molecule has 0 saturated carbocycles. The molecule has 21 heavy (non-hydrogen) atoms. The molecule has 0 spiro atoms. The highest BCUT2D eigenvalue weighted by Crippen LogP contribution is 2.25. The van der Waals surface area contributed by atoms with Crippen molar-refractivity contribution in [3.63, 3.8) is 0 Å². The van der Waals surface area contributed by atoms with E-state index in [9.17, 15) is 4.39 Å². The summed E-state index contributed by atoms with van der Waals surface area (Å²) >= 11 is 5.88. The van der Waals surface area contributed by atoms with Crippen molar-refractivity contribution in [2.45, 2.75) is 19.5 Å². The fraction of sp³-hybridized carbons (Fsp3) is 0.312. The minimum Gasteiger partial charge on any atom is -0.329 e. The molecule has 5 heteroatoms. The zero-order valence-corrected chi connectivity index (χ0v) is 12.7. The average molecular weight is 308 g/mol. The van der Waals surface area contributed by atoms with Crippen molar-refractivity contribution in [3.05, 3.63) is 64.7 Å². The summed E-state index contributed by atoms with van der Waals surface area (Å²) < 4.78 is 13.3. The zero-order chi connectivity index (χ0) is 15.2. The number of nitrogens with zero attached hydrogens (tertiary/aromatic N) is 2. The summed E-state index contributed by atoms with van der Waals surface area (Å²) in [6, 6.07) is 10.6. The van der Waals surface area contributed by atoms with E-state index < -0.39 is 5.82 Å². The molecular formula is C16H19ClFN3. The molecule has 3 nitrogen and oxygen atoms in total. The highest BCUT2D eigenvalue weighted by molar-refractivity contribution is 6.30. The maximum Gasteiger partial charge on any atom is 0.141 e. The number of benzene rings is 1. The summed E-state index contributed by atoms with van der Waals surface area (Å²) in [5, 5.41) is 0.125. The smallest absolute Gasteiger partial charge is 0.141 e. The molecular weight excluding hydrogens is 289 g/mol. The van der Waals surface area contributed by atoms with Gasteiger partial charge >= 0.3 is 0 Å². The minimum absolute atomic E-state index is 0.0184. The van der Waals surface area contributed by atoms with Gasteiger partial charge in [-0.25, -0.2) is 4.39 Å². The molecule has 0 bridgehead atoms. The van der Waals surface area contributed by atoms with Gasteiger partial charge in [0, 0.05) is 25.3 Å². The summed E-state index contributed by atoms with van der Waals surface area (Å²) in [4.78, 5) is 6.54. The quantitative estimate of drug-likeness (QED) is 0.889. The van der Waals surface area contributed by atoms with Crippen LogP contribution in [0.4, 0.5) is 4.39 Å². The summed E-state index contributed by atoms with van der Waals surface area (Å²) in [7, 11) is 0. The van der Waals surface area contributed by atoms with Crippen molar-refractivity contribution < 1.29 is 4.39 Å². The fourth-order valence-corrected chi connectivity index (χ4v) is 2.55. The molecule has 0 radical (unpaired) electrons. The van der Waals surface area contributed by atoms with Gasteiger partial charge in [0.1, 0.15) is 5.82 Å². The van der Waals surface area contributed by atoms with Crippen molar-refractivity contribution in [1.29, 1.82) is 0 Å². The Morgan fingerprint density at radius 3 is 2.71 bits per heavy atom. The Morgan fingerprint density at radius 1 is 1.33 bits per heavy atom. The molecule has 1 aromatic heterocycles. The monoisotopic (exact) mass is 307 g/mol. The average Bonchev–Trinajstić information content (AvgIpc) is 2.51. The van der Waals surface area contributed by atoms with E-state index in [1.54, 1.807) is 18.3 Å². The van der Waals surface area contributed by atoms with Crippen LogP contribution >= 0.6 is 11.6 Å². The first kappa shape index (κ1) is 15.9. The molecule has 0 aliphatic heterocycles. The molecule has 0 aliphatic rings. The van der Waals surface area contributed by atoms with Crippen LogP contribution in [-0.4, -0.2) is 23.0 Å². The number of hydrogen-bond donors (Lipinski definition) is 1. The van der Waals surface area contributed by atoms with Crippen molar-refractivity contribution in [2.75, 3.05) is 13.1 Å².